The molecule has 0 aromatic heterocycles. The van der Waals surface area contributed by atoms with Gasteiger partial charge in [0, 0.05) is 42.4 Å². The summed E-state index contributed by atoms with van der Waals surface area (Å²) in [5.74, 6) is 10.7. The van der Waals surface area contributed by atoms with Gasteiger partial charge in [-0.1, -0.05) is 35.8 Å². The van der Waals surface area contributed by atoms with Crippen LogP contribution < -0.4 is 0 Å². The molecule has 8 N–H and O–H groups in total. The van der Waals surface area contributed by atoms with Crippen LogP contribution in [0.15, 0.2) is 36.4 Å². The molecule has 8 unspecified atom stereocenters. The van der Waals surface area contributed by atoms with Crippen LogP contribution in [0, 0.1) is 23.7 Å². The average molecular weight is 623 g/mol. The second-order valence-corrected chi connectivity index (χ2v) is 11.8. The monoisotopic (exact) mass is 622 g/mol. The number of aliphatic hydroxyl groups excluding tert-OH is 7. The fourth-order valence-corrected chi connectivity index (χ4v) is 6.52. The first kappa shape index (κ1) is 33.0. The molecule has 3 aliphatic rings. The van der Waals surface area contributed by atoms with Crippen LogP contribution in [0.2, 0.25) is 0 Å². The Morgan fingerprint density at radius 2 is 1.22 bits per heavy atom. The van der Waals surface area contributed by atoms with Gasteiger partial charge in [0.05, 0.1) is 37.6 Å². The Morgan fingerprint density at radius 1 is 0.756 bits per heavy atom. The molecule has 2 aromatic carbocycles. The van der Waals surface area contributed by atoms with Gasteiger partial charge < -0.3 is 50.3 Å². The molecule has 11 nitrogen and oxygen atoms in total. The zero-order valence-electron chi connectivity index (χ0n) is 24.5. The fraction of sp³-hybridized carbons (Fsp3) is 0.500. The molecule has 2 heterocycles. The third-order valence-electron chi connectivity index (χ3n) is 8.89. The number of benzene rings is 2. The highest BCUT2D eigenvalue weighted by Gasteiger charge is 2.43. The van der Waals surface area contributed by atoms with E-state index in [1.54, 1.807) is 12.1 Å². The molecule has 2 aromatic rings. The van der Waals surface area contributed by atoms with Gasteiger partial charge in [-0.3, -0.25) is 4.79 Å². The Kier molecular flexibility index (Phi) is 10.3. The maximum Gasteiger partial charge on any atom is 0.303 e. The second kappa shape index (κ2) is 14.0. The highest BCUT2D eigenvalue weighted by Crippen LogP contribution is 2.53. The molecule has 0 bridgehead atoms. The van der Waals surface area contributed by atoms with E-state index < -0.39 is 60.2 Å². The number of rotatable bonds is 7. The molecular formula is C34H38O11. The van der Waals surface area contributed by atoms with E-state index >= 15 is 0 Å². The molecule has 1 aliphatic carbocycles. The average Bonchev–Trinajstić information content (AvgIpc) is 3.29. The topological polar surface area (TPSA) is 197 Å². The molecular weight excluding hydrogens is 584 g/mol. The number of hydrogen-bond donors (Lipinski definition) is 8. The van der Waals surface area contributed by atoms with Gasteiger partial charge in [-0.2, -0.15) is 0 Å². The van der Waals surface area contributed by atoms with Crippen LogP contribution in [0.4, 0.5) is 0 Å². The van der Waals surface area contributed by atoms with Crippen LogP contribution in [0.25, 0.3) is 11.1 Å². The van der Waals surface area contributed by atoms with Crippen molar-refractivity contribution in [1.29, 1.82) is 0 Å². The van der Waals surface area contributed by atoms with E-state index in [2.05, 4.69) is 23.7 Å². The molecule has 0 radical (unpaired) electrons. The lowest BCUT2D eigenvalue weighted by atomic mass is 9.71. The summed E-state index contributed by atoms with van der Waals surface area (Å²) in [5, 5.41) is 79.9. The number of ether oxygens (including phenoxy) is 2. The van der Waals surface area contributed by atoms with Crippen molar-refractivity contribution in [3.8, 4) is 34.8 Å². The second-order valence-electron chi connectivity index (χ2n) is 11.8. The van der Waals surface area contributed by atoms with E-state index in [0.29, 0.717) is 11.1 Å². The molecule has 0 amide bonds. The van der Waals surface area contributed by atoms with Gasteiger partial charge in [0.1, 0.15) is 24.4 Å². The summed E-state index contributed by atoms with van der Waals surface area (Å²) in [6.45, 7) is -0.869. The van der Waals surface area contributed by atoms with Gasteiger partial charge in [0.25, 0.3) is 0 Å². The smallest absolute Gasteiger partial charge is 0.303 e. The van der Waals surface area contributed by atoms with Gasteiger partial charge >= 0.3 is 5.97 Å². The Bertz CT molecular complexity index is 1420. The number of carboxylic acids is 1. The molecule has 2 fully saturated rings. The normalized spacial score (nSPS) is 32.0. The van der Waals surface area contributed by atoms with Crippen LogP contribution in [0.5, 0.6) is 0 Å². The predicted molar refractivity (Wildman–Crippen MR) is 160 cm³/mol. The molecule has 0 saturated carbocycles. The molecule has 45 heavy (non-hydrogen) atoms. The first-order valence-electron chi connectivity index (χ1n) is 15.0. The van der Waals surface area contributed by atoms with Crippen molar-refractivity contribution in [2.45, 2.75) is 86.4 Å². The lowest BCUT2D eigenvalue weighted by molar-refractivity contribution is -0.157. The van der Waals surface area contributed by atoms with Gasteiger partial charge in [-0.05, 0) is 59.4 Å². The Morgan fingerprint density at radius 3 is 1.62 bits per heavy atom. The Hall–Kier alpha value is -3.33. The number of carboxylic acid groups (broad SMARTS) is 1. The van der Waals surface area contributed by atoms with E-state index in [-0.39, 0.29) is 51.9 Å². The van der Waals surface area contributed by atoms with Crippen molar-refractivity contribution in [2.24, 2.45) is 0 Å². The van der Waals surface area contributed by atoms with E-state index in [9.17, 15) is 45.6 Å². The highest BCUT2D eigenvalue weighted by molar-refractivity contribution is 5.83. The summed E-state index contributed by atoms with van der Waals surface area (Å²) < 4.78 is 11.3. The SMILES string of the molecule is O=C(O)CCC1(CCO)c2cc(C#CC3OC(CO)CC(O)C3O)ccc2-c2ccc(C#CC3OC(CO)CC(O)C3O)cc21. The van der Waals surface area contributed by atoms with Gasteiger partial charge in [-0.25, -0.2) is 0 Å². The van der Waals surface area contributed by atoms with Gasteiger partial charge in [0.2, 0.25) is 0 Å². The van der Waals surface area contributed by atoms with Crippen LogP contribution in [-0.2, 0) is 19.7 Å². The number of aliphatic hydroxyl groups is 7. The van der Waals surface area contributed by atoms with Gasteiger partial charge in [0.15, 0.2) is 0 Å². The quantitative estimate of drug-likeness (QED) is 0.188. The summed E-state index contributed by atoms with van der Waals surface area (Å²) in [6, 6.07) is 11.0. The number of aliphatic carboxylic acids is 1. The van der Waals surface area contributed by atoms with Gasteiger partial charge in [-0.15, -0.1) is 0 Å². The highest BCUT2D eigenvalue weighted by atomic mass is 16.5. The summed E-state index contributed by atoms with van der Waals surface area (Å²) in [7, 11) is 0. The maximum atomic E-state index is 11.8. The lowest BCUT2D eigenvalue weighted by Gasteiger charge is -2.34. The van der Waals surface area contributed by atoms with E-state index in [1.165, 1.54) is 0 Å². The van der Waals surface area contributed by atoms with Crippen molar-refractivity contribution >= 4 is 5.97 Å². The summed E-state index contributed by atoms with van der Waals surface area (Å²) in [4.78, 5) is 11.8. The van der Waals surface area contributed by atoms with E-state index in [0.717, 1.165) is 22.3 Å². The standard InChI is InChI=1S/C34H38O11/c35-12-11-34(10-9-31(40)41)25-13-19(3-7-29-32(42)27(38)15-21(17-36)44-29)1-5-23(25)24-6-2-20(14-26(24)34)4-8-30-33(43)28(39)16-22(18-37)45-30/h1-2,5-6,13-14,21-22,27-30,32-33,35-39,42-43H,9-12,15-18H2,(H,40,41). The van der Waals surface area contributed by atoms with E-state index in [1.807, 2.05) is 24.3 Å². The molecule has 8 atom stereocenters. The summed E-state index contributed by atoms with van der Waals surface area (Å²) in [5.41, 5.74) is 3.46. The molecule has 2 saturated heterocycles. The van der Waals surface area contributed by atoms with Crippen LogP contribution in [0.1, 0.15) is 54.4 Å². The molecule has 240 valence electrons. The van der Waals surface area contributed by atoms with Crippen LogP contribution in [0.3, 0.4) is 0 Å². The van der Waals surface area contributed by atoms with E-state index in [4.69, 9.17) is 9.47 Å². The zero-order valence-corrected chi connectivity index (χ0v) is 24.5. The number of carbonyl (C=O) groups is 1. The van der Waals surface area contributed by atoms with Crippen molar-refractivity contribution in [1.82, 2.24) is 0 Å². The first-order chi connectivity index (χ1) is 21.6. The summed E-state index contributed by atoms with van der Waals surface area (Å²) >= 11 is 0. The van der Waals surface area contributed by atoms with Crippen molar-refractivity contribution < 1.29 is 55.1 Å². The number of hydrogen-bond acceptors (Lipinski definition) is 10. The zero-order chi connectivity index (χ0) is 32.3. The molecule has 11 heteroatoms. The third kappa shape index (κ3) is 6.79. The predicted octanol–water partition coefficient (Wildman–Crippen LogP) is -0.354. The fourth-order valence-electron chi connectivity index (χ4n) is 6.52. The molecule has 0 spiro atoms. The van der Waals surface area contributed by atoms with Crippen LogP contribution >= 0.6 is 0 Å². The van der Waals surface area contributed by atoms with Crippen molar-refractivity contribution in [3.05, 3.63) is 58.7 Å². The minimum absolute atomic E-state index is 0.0893. The maximum absolute atomic E-state index is 11.8. The Labute approximate surface area is 260 Å². The van der Waals surface area contributed by atoms with Crippen molar-refractivity contribution in [3.63, 3.8) is 0 Å². The largest absolute Gasteiger partial charge is 0.481 e. The lowest BCUT2D eigenvalue weighted by Crippen LogP contribution is -2.48. The number of fused-ring (bicyclic) bond motifs is 3. The van der Waals surface area contributed by atoms with Crippen LogP contribution in [-0.4, -0.2) is 115 Å². The van der Waals surface area contributed by atoms with Crippen molar-refractivity contribution in [2.75, 3.05) is 19.8 Å². The Balaban J connectivity index is 1.52. The molecule has 2 aliphatic heterocycles. The minimum atomic E-state index is -1.25. The minimum Gasteiger partial charge on any atom is -0.481 e. The third-order valence-corrected chi connectivity index (χ3v) is 8.89. The molecule has 5 rings (SSSR count). The first-order valence-corrected chi connectivity index (χ1v) is 15.0. The summed E-state index contributed by atoms with van der Waals surface area (Å²) in [6.07, 6.45) is -7.63.